The molecule has 0 atom stereocenters. The van der Waals surface area contributed by atoms with Crippen molar-refractivity contribution in [3.63, 3.8) is 0 Å². The second-order valence-corrected chi connectivity index (χ2v) is 3.89. The monoisotopic (exact) mass is 232 g/mol. The van der Waals surface area contributed by atoms with Crippen LogP contribution in [-0.4, -0.2) is 25.6 Å². The van der Waals surface area contributed by atoms with Gasteiger partial charge in [-0.1, -0.05) is 6.92 Å². The second-order valence-electron chi connectivity index (χ2n) is 3.89. The largest absolute Gasteiger partial charge is 0.331 e. The molecule has 5 nitrogen and oxygen atoms in total. The van der Waals surface area contributed by atoms with E-state index in [1.165, 1.54) is 0 Å². The molecule has 0 radical (unpaired) electrons. The number of aldehydes is 1. The lowest BCUT2D eigenvalue weighted by molar-refractivity contribution is 0.111. The van der Waals surface area contributed by atoms with Gasteiger partial charge in [0.2, 0.25) is 0 Å². The highest BCUT2D eigenvalue weighted by atomic mass is 16.1. The summed E-state index contributed by atoms with van der Waals surface area (Å²) in [4.78, 5) is 14.5. The lowest BCUT2D eigenvalue weighted by Gasteiger charge is -2.04. The Morgan fingerprint density at radius 2 is 2.24 bits per heavy atom. The minimum atomic E-state index is 0.461. The molecule has 2 aromatic heterocycles. The van der Waals surface area contributed by atoms with E-state index in [2.05, 4.69) is 30.0 Å². The molecule has 0 unspecified atom stereocenters. The van der Waals surface area contributed by atoms with E-state index in [1.54, 1.807) is 12.5 Å². The second kappa shape index (κ2) is 4.95. The number of imidazole rings is 1. The molecule has 0 fully saturated rings. The fourth-order valence-corrected chi connectivity index (χ4v) is 1.80. The molecule has 0 aliphatic heterocycles. The zero-order chi connectivity index (χ0) is 12.3. The molecular weight excluding hydrogens is 216 g/mol. The highest BCUT2D eigenvalue weighted by molar-refractivity contribution is 5.70. The van der Waals surface area contributed by atoms with Crippen molar-refractivity contribution >= 4 is 6.29 Å². The van der Waals surface area contributed by atoms with Crippen molar-refractivity contribution in [2.24, 2.45) is 0 Å². The van der Waals surface area contributed by atoms with Crippen LogP contribution in [-0.2, 0) is 19.5 Å². The highest BCUT2D eigenvalue weighted by Gasteiger charge is 2.06. The molecule has 0 aromatic carbocycles. The van der Waals surface area contributed by atoms with E-state index < -0.39 is 0 Å². The Bertz CT molecular complexity index is 512. The van der Waals surface area contributed by atoms with Crippen molar-refractivity contribution in [3.05, 3.63) is 35.7 Å². The van der Waals surface area contributed by atoms with Gasteiger partial charge >= 0.3 is 0 Å². The third kappa shape index (κ3) is 2.43. The maximum Gasteiger partial charge on any atom is 0.169 e. The predicted octanol–water partition coefficient (Wildman–Crippen LogP) is 1.52. The lowest BCUT2D eigenvalue weighted by Crippen LogP contribution is -2.06. The van der Waals surface area contributed by atoms with Crippen LogP contribution in [0, 0.1) is 0 Å². The molecule has 0 saturated heterocycles. The van der Waals surface area contributed by atoms with Gasteiger partial charge in [0.15, 0.2) is 6.29 Å². The van der Waals surface area contributed by atoms with Crippen LogP contribution in [0.5, 0.6) is 0 Å². The number of nitrogens with zero attached hydrogens (tertiary/aromatic N) is 4. The molecule has 17 heavy (non-hydrogen) atoms. The summed E-state index contributed by atoms with van der Waals surface area (Å²) in [6.07, 6.45) is 5.10. The molecule has 90 valence electrons. The van der Waals surface area contributed by atoms with Crippen LogP contribution >= 0.6 is 0 Å². The van der Waals surface area contributed by atoms with Crippen LogP contribution in [0.15, 0.2) is 18.6 Å². The Morgan fingerprint density at radius 3 is 2.82 bits per heavy atom. The summed E-state index contributed by atoms with van der Waals surface area (Å²) < 4.78 is 3.88. The fraction of sp³-hybridized carbons (Fsp3) is 0.417. The van der Waals surface area contributed by atoms with Gasteiger partial charge in [0, 0.05) is 12.7 Å². The Morgan fingerprint density at radius 1 is 1.41 bits per heavy atom. The van der Waals surface area contributed by atoms with Crippen LogP contribution in [0.3, 0.4) is 0 Å². The average Bonchev–Trinajstić information content (AvgIpc) is 2.95. The van der Waals surface area contributed by atoms with Crippen molar-refractivity contribution < 1.29 is 4.79 Å². The van der Waals surface area contributed by atoms with E-state index in [-0.39, 0.29) is 0 Å². The van der Waals surface area contributed by atoms with E-state index in [0.717, 1.165) is 30.6 Å². The first-order valence-corrected chi connectivity index (χ1v) is 5.79. The van der Waals surface area contributed by atoms with Crippen molar-refractivity contribution in [1.29, 1.82) is 0 Å². The van der Waals surface area contributed by atoms with Gasteiger partial charge in [-0.05, 0) is 19.4 Å². The first kappa shape index (κ1) is 11.6. The van der Waals surface area contributed by atoms with E-state index in [9.17, 15) is 4.79 Å². The van der Waals surface area contributed by atoms with Gasteiger partial charge in [-0.25, -0.2) is 4.98 Å². The highest BCUT2D eigenvalue weighted by Crippen LogP contribution is 2.08. The molecule has 0 N–H and O–H groups in total. The van der Waals surface area contributed by atoms with E-state index in [4.69, 9.17) is 0 Å². The third-order valence-electron chi connectivity index (χ3n) is 2.69. The van der Waals surface area contributed by atoms with Crippen molar-refractivity contribution in [2.75, 3.05) is 0 Å². The average molecular weight is 232 g/mol. The summed E-state index contributed by atoms with van der Waals surface area (Å²) in [5.74, 6) is 0. The molecule has 5 heteroatoms. The Hall–Kier alpha value is -1.91. The molecule has 0 saturated carbocycles. The smallest absolute Gasteiger partial charge is 0.169 e. The summed E-state index contributed by atoms with van der Waals surface area (Å²) in [7, 11) is 0. The summed E-state index contributed by atoms with van der Waals surface area (Å²) in [5, 5.41) is 4.48. The zero-order valence-electron chi connectivity index (χ0n) is 10.1. The number of hydrogen-bond acceptors (Lipinski definition) is 3. The van der Waals surface area contributed by atoms with Crippen molar-refractivity contribution in [2.45, 2.75) is 33.4 Å². The number of hydrogen-bond donors (Lipinski definition) is 0. The first-order chi connectivity index (χ1) is 8.26. The molecule has 2 rings (SSSR count). The van der Waals surface area contributed by atoms with Crippen LogP contribution in [0.25, 0.3) is 0 Å². The normalized spacial score (nSPS) is 10.7. The molecule has 2 aromatic rings. The predicted molar refractivity (Wildman–Crippen MR) is 64.0 cm³/mol. The molecule has 0 amide bonds. The number of carbonyl (C=O) groups is 1. The maximum absolute atomic E-state index is 10.6. The SMILES string of the molecule is CCc1cc(Cn2cnc(C=O)c2)n(CC)n1. The Kier molecular flexibility index (Phi) is 3.37. The minimum absolute atomic E-state index is 0.461. The van der Waals surface area contributed by atoms with Crippen LogP contribution < -0.4 is 0 Å². The number of rotatable bonds is 5. The van der Waals surface area contributed by atoms with Gasteiger partial charge in [-0.15, -0.1) is 0 Å². The summed E-state index contributed by atoms with van der Waals surface area (Å²) in [5.41, 5.74) is 2.69. The first-order valence-electron chi connectivity index (χ1n) is 5.79. The molecule has 0 spiro atoms. The van der Waals surface area contributed by atoms with Gasteiger partial charge in [-0.2, -0.15) is 5.10 Å². The van der Waals surface area contributed by atoms with Crippen LogP contribution in [0.1, 0.15) is 35.7 Å². The van der Waals surface area contributed by atoms with Crippen LogP contribution in [0.4, 0.5) is 0 Å². The van der Waals surface area contributed by atoms with Gasteiger partial charge in [0.05, 0.1) is 24.3 Å². The number of aryl methyl sites for hydroxylation is 2. The Balaban J connectivity index is 2.22. The van der Waals surface area contributed by atoms with Gasteiger partial charge in [0.1, 0.15) is 5.69 Å². The van der Waals surface area contributed by atoms with Gasteiger partial charge < -0.3 is 4.57 Å². The molecular formula is C12H16N4O. The van der Waals surface area contributed by atoms with E-state index in [1.807, 2.05) is 9.25 Å². The molecule has 0 bridgehead atoms. The quantitative estimate of drug-likeness (QED) is 0.734. The van der Waals surface area contributed by atoms with Crippen LogP contribution in [0.2, 0.25) is 0 Å². The summed E-state index contributed by atoms with van der Waals surface area (Å²) in [6, 6.07) is 2.10. The zero-order valence-corrected chi connectivity index (χ0v) is 10.1. The molecule has 0 aliphatic carbocycles. The van der Waals surface area contributed by atoms with Crippen molar-refractivity contribution in [1.82, 2.24) is 19.3 Å². The van der Waals surface area contributed by atoms with Gasteiger partial charge in [-0.3, -0.25) is 9.48 Å². The maximum atomic E-state index is 10.6. The Labute approximate surface area is 100 Å². The van der Waals surface area contributed by atoms with Gasteiger partial charge in [0.25, 0.3) is 0 Å². The third-order valence-corrected chi connectivity index (χ3v) is 2.69. The number of carbonyl (C=O) groups excluding carboxylic acids is 1. The standard InChI is InChI=1S/C12H16N4O/c1-3-10-5-12(16(4-2)14-10)7-15-6-11(8-17)13-9-15/h5-6,8-9H,3-4,7H2,1-2H3. The fourth-order valence-electron chi connectivity index (χ4n) is 1.80. The summed E-state index contributed by atoms with van der Waals surface area (Å²) >= 11 is 0. The number of aromatic nitrogens is 4. The minimum Gasteiger partial charge on any atom is -0.331 e. The lowest BCUT2D eigenvalue weighted by atomic mass is 10.3. The molecule has 0 aliphatic rings. The van der Waals surface area contributed by atoms with E-state index in [0.29, 0.717) is 12.2 Å². The topological polar surface area (TPSA) is 52.7 Å². The molecule has 2 heterocycles. The van der Waals surface area contributed by atoms with Crippen molar-refractivity contribution in [3.8, 4) is 0 Å². The summed E-state index contributed by atoms with van der Waals surface area (Å²) in [6.45, 7) is 5.71. The van der Waals surface area contributed by atoms with E-state index >= 15 is 0 Å².